The van der Waals surface area contributed by atoms with E-state index in [0.29, 0.717) is 5.82 Å². The van der Waals surface area contributed by atoms with E-state index in [0.717, 1.165) is 18.8 Å². The highest BCUT2D eigenvalue weighted by Gasteiger charge is 2.36. The summed E-state index contributed by atoms with van der Waals surface area (Å²) in [5, 5.41) is 2.77. The maximum absolute atomic E-state index is 13.9. The Morgan fingerprint density at radius 1 is 1.15 bits per heavy atom. The van der Waals surface area contributed by atoms with Gasteiger partial charge >= 0.3 is 0 Å². The zero-order valence-corrected chi connectivity index (χ0v) is 14.9. The summed E-state index contributed by atoms with van der Waals surface area (Å²) in [6.07, 6.45) is 4.19. The molecule has 2 aromatic rings. The van der Waals surface area contributed by atoms with Crippen molar-refractivity contribution in [1.29, 1.82) is 0 Å². The fraction of sp³-hybridized carbons (Fsp3) is 0.350. The van der Waals surface area contributed by atoms with Crippen molar-refractivity contribution in [3.8, 4) is 0 Å². The minimum absolute atomic E-state index is 0.0615. The van der Waals surface area contributed by atoms with Crippen molar-refractivity contribution in [2.75, 3.05) is 34.8 Å². The number of carbonyl (C=O) groups excluding carboxylic acids is 2. The number of aromatic nitrogens is 1. The molecule has 4 rings (SSSR count). The Labute approximate surface area is 157 Å². The predicted octanol–water partition coefficient (Wildman–Crippen LogP) is 2.81. The average Bonchev–Trinajstić information content (AvgIpc) is 3.33. The number of amides is 2. The largest absolute Gasteiger partial charge is 0.370 e. The molecule has 2 saturated heterocycles. The van der Waals surface area contributed by atoms with E-state index in [1.807, 2.05) is 6.07 Å². The molecule has 3 heterocycles. The van der Waals surface area contributed by atoms with Crippen molar-refractivity contribution >= 4 is 29.0 Å². The highest BCUT2D eigenvalue weighted by atomic mass is 19.1. The van der Waals surface area contributed by atoms with Gasteiger partial charge in [0.2, 0.25) is 11.8 Å². The molecule has 0 spiro atoms. The summed E-state index contributed by atoms with van der Waals surface area (Å²) < 4.78 is 13.9. The summed E-state index contributed by atoms with van der Waals surface area (Å²) in [6, 6.07) is 9.82. The molecule has 6 nitrogen and oxygen atoms in total. The van der Waals surface area contributed by atoms with E-state index >= 15 is 0 Å². The van der Waals surface area contributed by atoms with Crippen LogP contribution in [0.4, 0.5) is 21.6 Å². The monoisotopic (exact) mass is 368 g/mol. The third kappa shape index (κ3) is 3.63. The maximum Gasteiger partial charge on any atom is 0.230 e. The molecule has 7 heteroatoms. The van der Waals surface area contributed by atoms with Crippen molar-refractivity contribution in [3.63, 3.8) is 0 Å². The Morgan fingerprint density at radius 3 is 2.63 bits per heavy atom. The fourth-order valence-corrected chi connectivity index (χ4v) is 3.64. The molecule has 0 aliphatic carbocycles. The van der Waals surface area contributed by atoms with Crippen LogP contribution in [0.3, 0.4) is 0 Å². The van der Waals surface area contributed by atoms with Gasteiger partial charge in [0.15, 0.2) is 0 Å². The third-order valence-corrected chi connectivity index (χ3v) is 5.11. The number of hydrogen-bond donors (Lipinski definition) is 1. The molecule has 2 fully saturated rings. The number of nitrogens with one attached hydrogen (secondary N) is 1. The number of rotatable bonds is 4. The first-order chi connectivity index (χ1) is 13.1. The van der Waals surface area contributed by atoms with Gasteiger partial charge in [-0.3, -0.25) is 9.59 Å². The second kappa shape index (κ2) is 7.34. The SMILES string of the molecule is O=C(Nc1ccc(N2CCCC2)cn1)[C@@H]1CC(=O)N(c2ccccc2F)C1. The standard InChI is InChI=1S/C20H21FN4O2/c21-16-5-1-2-6-17(16)25-13-14(11-19(25)26)20(27)23-18-8-7-15(12-22-18)24-9-3-4-10-24/h1-2,5-8,12,14H,3-4,9-11,13H2,(H,22,23,27)/t14-/m1/s1. The lowest BCUT2D eigenvalue weighted by Crippen LogP contribution is -2.28. The van der Waals surface area contributed by atoms with Crippen LogP contribution in [-0.2, 0) is 9.59 Å². The number of hydrogen-bond acceptors (Lipinski definition) is 4. The van der Waals surface area contributed by atoms with Gasteiger partial charge in [-0.1, -0.05) is 12.1 Å². The van der Waals surface area contributed by atoms with E-state index in [1.54, 1.807) is 30.5 Å². The third-order valence-electron chi connectivity index (χ3n) is 5.11. The van der Waals surface area contributed by atoms with Gasteiger partial charge < -0.3 is 15.1 Å². The van der Waals surface area contributed by atoms with E-state index in [1.165, 1.54) is 23.8 Å². The van der Waals surface area contributed by atoms with Crippen LogP contribution in [0.1, 0.15) is 19.3 Å². The van der Waals surface area contributed by atoms with Gasteiger partial charge in [-0.05, 0) is 37.1 Å². The van der Waals surface area contributed by atoms with Crippen LogP contribution >= 0.6 is 0 Å². The van der Waals surface area contributed by atoms with Gasteiger partial charge in [-0.25, -0.2) is 9.37 Å². The Hall–Kier alpha value is -2.96. The molecule has 2 aliphatic heterocycles. The van der Waals surface area contributed by atoms with Crippen molar-refractivity contribution in [2.45, 2.75) is 19.3 Å². The Bertz CT molecular complexity index is 849. The molecule has 2 aliphatic rings. The van der Waals surface area contributed by atoms with Crippen molar-refractivity contribution in [1.82, 2.24) is 4.98 Å². The summed E-state index contributed by atoms with van der Waals surface area (Å²) >= 11 is 0. The van der Waals surface area contributed by atoms with Crippen LogP contribution in [-0.4, -0.2) is 36.4 Å². The van der Waals surface area contributed by atoms with Crippen LogP contribution in [0.5, 0.6) is 0 Å². The minimum Gasteiger partial charge on any atom is -0.370 e. The van der Waals surface area contributed by atoms with Crippen LogP contribution in [0, 0.1) is 11.7 Å². The van der Waals surface area contributed by atoms with Crippen molar-refractivity contribution in [3.05, 3.63) is 48.4 Å². The minimum atomic E-state index is -0.530. The molecule has 0 bridgehead atoms. The molecule has 1 atom stereocenters. The summed E-state index contributed by atoms with van der Waals surface area (Å²) in [7, 11) is 0. The zero-order valence-electron chi connectivity index (χ0n) is 14.9. The molecule has 1 N–H and O–H groups in total. The molecular weight excluding hydrogens is 347 g/mol. The summed E-state index contributed by atoms with van der Waals surface area (Å²) in [6.45, 7) is 2.23. The zero-order chi connectivity index (χ0) is 18.8. The quantitative estimate of drug-likeness (QED) is 0.901. The van der Waals surface area contributed by atoms with Crippen molar-refractivity contribution < 1.29 is 14.0 Å². The van der Waals surface area contributed by atoms with Gasteiger partial charge in [0.05, 0.1) is 23.5 Å². The Balaban J connectivity index is 1.40. The van der Waals surface area contributed by atoms with Gasteiger partial charge in [0, 0.05) is 26.1 Å². The summed E-state index contributed by atoms with van der Waals surface area (Å²) in [5.41, 5.74) is 1.26. The van der Waals surface area contributed by atoms with E-state index in [2.05, 4.69) is 15.2 Å². The number of halogens is 1. The molecule has 1 aromatic heterocycles. The lowest BCUT2D eigenvalue weighted by atomic mass is 10.1. The highest BCUT2D eigenvalue weighted by Crippen LogP contribution is 2.28. The first-order valence-electron chi connectivity index (χ1n) is 9.18. The Kier molecular flexibility index (Phi) is 4.75. The first kappa shape index (κ1) is 17.5. The van der Waals surface area contributed by atoms with E-state index < -0.39 is 11.7 Å². The molecule has 27 heavy (non-hydrogen) atoms. The van der Waals surface area contributed by atoms with E-state index in [4.69, 9.17) is 0 Å². The molecule has 2 amide bonds. The van der Waals surface area contributed by atoms with Gasteiger partial charge in [0.1, 0.15) is 11.6 Å². The number of benzene rings is 1. The Morgan fingerprint density at radius 2 is 1.93 bits per heavy atom. The highest BCUT2D eigenvalue weighted by molar-refractivity contribution is 6.03. The molecule has 0 radical (unpaired) electrons. The number of carbonyl (C=O) groups is 2. The molecule has 140 valence electrons. The molecular formula is C20H21FN4O2. The summed E-state index contributed by atoms with van der Waals surface area (Å²) in [5.74, 6) is -1.07. The van der Waals surface area contributed by atoms with Crippen LogP contribution in [0.25, 0.3) is 0 Å². The summed E-state index contributed by atoms with van der Waals surface area (Å²) in [4.78, 5) is 32.7. The molecule has 0 saturated carbocycles. The van der Waals surface area contributed by atoms with E-state index in [9.17, 15) is 14.0 Å². The second-order valence-corrected chi connectivity index (χ2v) is 6.94. The predicted molar refractivity (Wildman–Crippen MR) is 101 cm³/mol. The lowest BCUT2D eigenvalue weighted by Gasteiger charge is -2.18. The number of para-hydroxylation sites is 1. The first-order valence-corrected chi connectivity index (χ1v) is 9.18. The normalized spacial score (nSPS) is 19.6. The smallest absolute Gasteiger partial charge is 0.230 e. The average molecular weight is 368 g/mol. The maximum atomic E-state index is 13.9. The van der Waals surface area contributed by atoms with Crippen LogP contribution in [0.15, 0.2) is 42.6 Å². The van der Waals surface area contributed by atoms with Crippen molar-refractivity contribution in [2.24, 2.45) is 5.92 Å². The molecule has 0 unspecified atom stereocenters. The number of anilines is 3. The van der Waals surface area contributed by atoms with Gasteiger partial charge in [0.25, 0.3) is 0 Å². The molecule has 1 aromatic carbocycles. The number of pyridine rings is 1. The fourth-order valence-electron chi connectivity index (χ4n) is 3.64. The second-order valence-electron chi connectivity index (χ2n) is 6.94. The number of nitrogens with zero attached hydrogens (tertiary/aromatic N) is 3. The van der Waals surface area contributed by atoms with E-state index in [-0.39, 0.29) is 30.5 Å². The van der Waals surface area contributed by atoms with Crippen LogP contribution in [0.2, 0.25) is 0 Å². The topological polar surface area (TPSA) is 65.5 Å². The van der Waals surface area contributed by atoms with Crippen LogP contribution < -0.4 is 15.1 Å². The van der Waals surface area contributed by atoms with Gasteiger partial charge in [-0.15, -0.1) is 0 Å². The van der Waals surface area contributed by atoms with Gasteiger partial charge in [-0.2, -0.15) is 0 Å². The lowest BCUT2D eigenvalue weighted by molar-refractivity contribution is -0.122.